The maximum absolute atomic E-state index is 12.2. The van der Waals surface area contributed by atoms with Crippen molar-refractivity contribution in [1.82, 2.24) is 20.0 Å². The Morgan fingerprint density at radius 3 is 2.70 bits per heavy atom. The number of aromatic nitrogens is 2. The lowest BCUT2D eigenvalue weighted by Crippen LogP contribution is -2.38. The molecule has 2 heterocycles. The normalized spacial score (nSPS) is 16.3. The molecule has 3 N–H and O–H groups in total. The number of piperidine rings is 1. The Labute approximate surface area is 120 Å². The van der Waals surface area contributed by atoms with E-state index in [1.807, 2.05) is 13.8 Å². The van der Waals surface area contributed by atoms with Crippen LogP contribution in [0, 0.1) is 6.92 Å². The Kier molecular flexibility index (Phi) is 5.00. The molecule has 0 atom stereocenters. The summed E-state index contributed by atoms with van der Waals surface area (Å²) >= 11 is 0. The Balaban J connectivity index is 1.88. The monoisotopic (exact) mass is 279 g/mol. The molecule has 0 radical (unpaired) electrons. The molecule has 1 amide bonds. The number of likely N-dealkylation sites (tertiary alicyclic amines) is 1. The molecule has 6 heteroatoms. The first-order valence-corrected chi connectivity index (χ1v) is 7.47. The average molecular weight is 279 g/mol. The smallest absolute Gasteiger partial charge is 0.271 e. The lowest BCUT2D eigenvalue weighted by molar-refractivity contribution is 0.0937. The number of rotatable bonds is 5. The van der Waals surface area contributed by atoms with Crippen LogP contribution in [-0.4, -0.2) is 46.8 Å². The van der Waals surface area contributed by atoms with Gasteiger partial charge in [-0.25, -0.2) is 0 Å². The third-order valence-corrected chi connectivity index (χ3v) is 3.85. The lowest BCUT2D eigenvalue weighted by atomic mass is 10.1. The van der Waals surface area contributed by atoms with Crippen molar-refractivity contribution in [2.45, 2.75) is 39.7 Å². The predicted molar refractivity (Wildman–Crippen MR) is 79.7 cm³/mol. The first kappa shape index (κ1) is 14.8. The van der Waals surface area contributed by atoms with Gasteiger partial charge in [-0.15, -0.1) is 0 Å². The molecule has 1 aliphatic rings. The molecule has 112 valence electrons. The van der Waals surface area contributed by atoms with Crippen LogP contribution in [0.3, 0.4) is 0 Å². The average Bonchev–Trinajstić information content (AvgIpc) is 2.75. The highest BCUT2D eigenvalue weighted by Gasteiger charge is 2.19. The van der Waals surface area contributed by atoms with Gasteiger partial charge in [0.05, 0.1) is 11.4 Å². The van der Waals surface area contributed by atoms with E-state index < -0.39 is 0 Å². The van der Waals surface area contributed by atoms with Crippen molar-refractivity contribution >= 4 is 11.6 Å². The van der Waals surface area contributed by atoms with Crippen molar-refractivity contribution in [3.05, 3.63) is 11.4 Å². The third kappa shape index (κ3) is 3.30. The number of nitrogen functional groups attached to an aromatic ring is 1. The molecule has 1 fully saturated rings. The molecule has 0 unspecified atom stereocenters. The topological polar surface area (TPSA) is 76.2 Å². The van der Waals surface area contributed by atoms with Crippen molar-refractivity contribution in [3.63, 3.8) is 0 Å². The molecule has 0 saturated carbocycles. The van der Waals surface area contributed by atoms with E-state index in [1.54, 1.807) is 4.68 Å². The van der Waals surface area contributed by atoms with Gasteiger partial charge in [0, 0.05) is 19.6 Å². The van der Waals surface area contributed by atoms with E-state index in [4.69, 9.17) is 5.73 Å². The highest BCUT2D eigenvalue weighted by atomic mass is 16.2. The number of hydrogen-bond donors (Lipinski definition) is 2. The van der Waals surface area contributed by atoms with Crippen LogP contribution >= 0.6 is 0 Å². The number of hydrogen-bond acceptors (Lipinski definition) is 4. The van der Waals surface area contributed by atoms with Gasteiger partial charge >= 0.3 is 0 Å². The second-order valence-corrected chi connectivity index (χ2v) is 5.32. The molecule has 20 heavy (non-hydrogen) atoms. The van der Waals surface area contributed by atoms with Crippen LogP contribution in [0.2, 0.25) is 0 Å². The highest BCUT2D eigenvalue weighted by Crippen LogP contribution is 2.16. The van der Waals surface area contributed by atoms with Gasteiger partial charge < -0.3 is 16.0 Å². The van der Waals surface area contributed by atoms with Gasteiger partial charge in [-0.3, -0.25) is 9.48 Å². The number of nitrogens with zero attached hydrogens (tertiary/aromatic N) is 3. The van der Waals surface area contributed by atoms with Gasteiger partial charge in [0.15, 0.2) is 0 Å². The number of nitrogens with two attached hydrogens (primary N) is 1. The SMILES string of the molecule is CCn1nc(C)c(N)c1C(=O)NCCN1CCCCC1. The maximum atomic E-state index is 12.2. The molecule has 1 aromatic heterocycles. The molecule has 6 nitrogen and oxygen atoms in total. The molecular formula is C14H25N5O. The zero-order valence-electron chi connectivity index (χ0n) is 12.5. The standard InChI is InChI=1S/C14H25N5O/c1-3-19-13(12(15)11(2)17-19)14(20)16-7-10-18-8-5-4-6-9-18/h3-10,15H2,1-2H3,(H,16,20). The highest BCUT2D eigenvalue weighted by molar-refractivity contribution is 5.97. The number of nitrogens with one attached hydrogen (secondary N) is 1. The van der Waals surface area contributed by atoms with Crippen LogP contribution in [0.5, 0.6) is 0 Å². The Hall–Kier alpha value is -1.56. The fourth-order valence-electron chi connectivity index (χ4n) is 2.66. The summed E-state index contributed by atoms with van der Waals surface area (Å²) < 4.78 is 1.67. The minimum atomic E-state index is -0.123. The predicted octanol–water partition coefficient (Wildman–Crippen LogP) is 1.01. The number of aryl methyl sites for hydroxylation is 2. The zero-order chi connectivity index (χ0) is 14.5. The van der Waals surface area contributed by atoms with Crippen molar-refractivity contribution in [2.75, 3.05) is 31.9 Å². The summed E-state index contributed by atoms with van der Waals surface area (Å²) in [6.07, 6.45) is 3.86. The first-order valence-electron chi connectivity index (χ1n) is 7.47. The van der Waals surface area contributed by atoms with Crippen LogP contribution in [0.15, 0.2) is 0 Å². The molecule has 0 spiro atoms. The van der Waals surface area contributed by atoms with Crippen LogP contribution in [0.4, 0.5) is 5.69 Å². The molecule has 0 bridgehead atoms. The summed E-state index contributed by atoms with van der Waals surface area (Å²) in [4.78, 5) is 14.6. The van der Waals surface area contributed by atoms with Gasteiger partial charge in [-0.1, -0.05) is 6.42 Å². The van der Waals surface area contributed by atoms with E-state index in [1.165, 1.54) is 19.3 Å². The molecule has 1 aliphatic heterocycles. The second kappa shape index (κ2) is 6.74. The van der Waals surface area contributed by atoms with E-state index in [2.05, 4.69) is 15.3 Å². The zero-order valence-corrected chi connectivity index (χ0v) is 12.5. The molecule has 2 rings (SSSR count). The molecule has 1 aromatic rings. The van der Waals surface area contributed by atoms with Gasteiger partial charge in [-0.05, 0) is 39.8 Å². The first-order chi connectivity index (χ1) is 9.63. The number of amides is 1. The van der Waals surface area contributed by atoms with E-state index in [9.17, 15) is 4.79 Å². The van der Waals surface area contributed by atoms with Crippen LogP contribution in [-0.2, 0) is 6.54 Å². The van der Waals surface area contributed by atoms with Gasteiger partial charge in [0.1, 0.15) is 5.69 Å². The van der Waals surface area contributed by atoms with Crippen LogP contribution < -0.4 is 11.1 Å². The number of carbonyl (C=O) groups excluding carboxylic acids is 1. The number of carbonyl (C=O) groups is 1. The van der Waals surface area contributed by atoms with Crippen molar-refractivity contribution in [3.8, 4) is 0 Å². The van der Waals surface area contributed by atoms with Crippen molar-refractivity contribution < 1.29 is 4.79 Å². The largest absolute Gasteiger partial charge is 0.395 e. The second-order valence-electron chi connectivity index (χ2n) is 5.32. The third-order valence-electron chi connectivity index (χ3n) is 3.85. The Bertz CT molecular complexity index is 462. The summed E-state index contributed by atoms with van der Waals surface area (Å²) in [7, 11) is 0. The quantitative estimate of drug-likeness (QED) is 0.843. The van der Waals surface area contributed by atoms with Gasteiger partial charge in [0.2, 0.25) is 0 Å². The summed E-state index contributed by atoms with van der Waals surface area (Å²) in [5.74, 6) is -0.123. The molecule has 1 saturated heterocycles. The van der Waals surface area contributed by atoms with Crippen LogP contribution in [0.25, 0.3) is 0 Å². The molecule has 0 aromatic carbocycles. The fraction of sp³-hybridized carbons (Fsp3) is 0.714. The lowest BCUT2D eigenvalue weighted by Gasteiger charge is -2.26. The van der Waals surface area contributed by atoms with E-state index >= 15 is 0 Å². The van der Waals surface area contributed by atoms with Crippen molar-refractivity contribution in [2.24, 2.45) is 0 Å². The van der Waals surface area contributed by atoms with E-state index in [0.29, 0.717) is 30.2 Å². The Morgan fingerprint density at radius 1 is 1.35 bits per heavy atom. The fourth-order valence-corrected chi connectivity index (χ4v) is 2.66. The van der Waals surface area contributed by atoms with Gasteiger partial charge in [0.25, 0.3) is 5.91 Å². The summed E-state index contributed by atoms with van der Waals surface area (Å²) in [6, 6.07) is 0. The molecular weight excluding hydrogens is 254 g/mol. The van der Waals surface area contributed by atoms with Gasteiger partial charge in [-0.2, -0.15) is 5.10 Å². The molecule has 0 aliphatic carbocycles. The Morgan fingerprint density at radius 2 is 2.05 bits per heavy atom. The number of anilines is 1. The van der Waals surface area contributed by atoms with Crippen LogP contribution in [0.1, 0.15) is 42.4 Å². The van der Waals surface area contributed by atoms with E-state index in [0.717, 1.165) is 19.6 Å². The summed E-state index contributed by atoms with van der Waals surface area (Å²) in [5.41, 5.74) is 7.63. The summed E-state index contributed by atoms with van der Waals surface area (Å²) in [6.45, 7) is 8.28. The minimum absolute atomic E-state index is 0.123. The van der Waals surface area contributed by atoms with E-state index in [-0.39, 0.29) is 5.91 Å². The minimum Gasteiger partial charge on any atom is -0.395 e. The maximum Gasteiger partial charge on any atom is 0.271 e. The summed E-state index contributed by atoms with van der Waals surface area (Å²) in [5, 5.41) is 7.22. The van der Waals surface area contributed by atoms with Crippen molar-refractivity contribution in [1.29, 1.82) is 0 Å².